The Morgan fingerprint density at radius 2 is 2.00 bits per heavy atom. The lowest BCUT2D eigenvalue weighted by Gasteiger charge is -2.30. The number of nitrogens with zero attached hydrogens (tertiary/aromatic N) is 1. The van der Waals surface area contributed by atoms with E-state index < -0.39 is 0 Å². The molecule has 0 radical (unpaired) electrons. The predicted octanol–water partition coefficient (Wildman–Crippen LogP) is 4.51. The minimum atomic E-state index is 0.260. The van der Waals surface area contributed by atoms with E-state index in [9.17, 15) is 4.79 Å². The molecule has 0 N–H and O–H groups in total. The van der Waals surface area contributed by atoms with Crippen LogP contribution in [0.3, 0.4) is 0 Å². The van der Waals surface area contributed by atoms with E-state index in [0.29, 0.717) is 18.9 Å². The van der Waals surface area contributed by atoms with Crippen LogP contribution in [-0.4, -0.2) is 36.9 Å². The van der Waals surface area contributed by atoms with E-state index in [1.807, 2.05) is 25.1 Å². The van der Waals surface area contributed by atoms with E-state index in [1.165, 1.54) is 12.8 Å². The number of hydrogen-bond acceptors (Lipinski definition) is 3. The van der Waals surface area contributed by atoms with E-state index in [1.54, 1.807) is 0 Å². The summed E-state index contributed by atoms with van der Waals surface area (Å²) in [6.07, 6.45) is 3.13. The third kappa shape index (κ3) is 5.07. The molecular weight excluding hydrogens is 286 g/mol. The standard InChI is InChI=1S/C20H31NO2/c1-5-23-17-6-7-18(19(14-17)15(2)3)20(22)10-13-21-11-8-16(4)9-12-21/h6-7,14-16H,5,8-13H2,1-4H3. The van der Waals surface area contributed by atoms with Crippen LogP contribution in [0.5, 0.6) is 5.75 Å². The maximum absolute atomic E-state index is 12.7. The van der Waals surface area contributed by atoms with Crippen LogP contribution in [0.25, 0.3) is 0 Å². The summed E-state index contributed by atoms with van der Waals surface area (Å²) in [5, 5.41) is 0. The fraction of sp³-hybridized carbons (Fsp3) is 0.650. The molecule has 0 aromatic heterocycles. The Balaban J connectivity index is 2.00. The number of ketones is 1. The number of carbonyl (C=O) groups excluding carboxylic acids is 1. The van der Waals surface area contributed by atoms with Gasteiger partial charge in [0.15, 0.2) is 5.78 Å². The zero-order valence-corrected chi connectivity index (χ0v) is 15.1. The minimum absolute atomic E-state index is 0.260. The molecule has 0 bridgehead atoms. The largest absolute Gasteiger partial charge is 0.494 e. The zero-order chi connectivity index (χ0) is 16.8. The van der Waals surface area contributed by atoms with Gasteiger partial charge in [-0.1, -0.05) is 20.8 Å². The highest BCUT2D eigenvalue weighted by molar-refractivity contribution is 5.98. The monoisotopic (exact) mass is 317 g/mol. The number of hydrogen-bond donors (Lipinski definition) is 0. The Morgan fingerprint density at radius 3 is 2.61 bits per heavy atom. The van der Waals surface area contributed by atoms with Gasteiger partial charge in [-0.15, -0.1) is 0 Å². The number of piperidine rings is 1. The Bertz CT molecular complexity index is 516. The van der Waals surface area contributed by atoms with Gasteiger partial charge >= 0.3 is 0 Å². The topological polar surface area (TPSA) is 29.5 Å². The van der Waals surface area contributed by atoms with Crippen molar-refractivity contribution in [3.63, 3.8) is 0 Å². The van der Waals surface area contributed by atoms with Crippen molar-refractivity contribution in [2.45, 2.75) is 52.9 Å². The second kappa shape index (κ2) is 8.49. The first-order valence-electron chi connectivity index (χ1n) is 9.03. The molecule has 1 heterocycles. The summed E-state index contributed by atoms with van der Waals surface area (Å²) in [5.74, 6) is 2.28. The van der Waals surface area contributed by atoms with Gasteiger partial charge in [0.25, 0.3) is 0 Å². The van der Waals surface area contributed by atoms with Gasteiger partial charge in [0.05, 0.1) is 6.61 Å². The van der Waals surface area contributed by atoms with Crippen LogP contribution in [0, 0.1) is 5.92 Å². The van der Waals surface area contributed by atoms with Crippen molar-refractivity contribution in [3.8, 4) is 5.75 Å². The van der Waals surface area contributed by atoms with Gasteiger partial charge in [-0.25, -0.2) is 0 Å². The van der Waals surface area contributed by atoms with Crippen LogP contribution in [0.2, 0.25) is 0 Å². The maximum Gasteiger partial charge on any atom is 0.164 e. The minimum Gasteiger partial charge on any atom is -0.494 e. The fourth-order valence-electron chi connectivity index (χ4n) is 3.21. The number of Topliss-reactive ketones (excluding diaryl/α,β-unsaturated/α-hetero) is 1. The molecule has 1 saturated heterocycles. The molecule has 23 heavy (non-hydrogen) atoms. The molecular formula is C20H31NO2. The predicted molar refractivity (Wildman–Crippen MR) is 95.5 cm³/mol. The zero-order valence-electron chi connectivity index (χ0n) is 15.1. The molecule has 1 aliphatic heterocycles. The molecule has 0 spiro atoms. The normalized spacial score (nSPS) is 16.7. The second-order valence-corrected chi connectivity index (χ2v) is 7.03. The Hall–Kier alpha value is -1.35. The molecule has 128 valence electrons. The number of likely N-dealkylation sites (tertiary alicyclic amines) is 1. The summed E-state index contributed by atoms with van der Waals surface area (Å²) < 4.78 is 5.58. The lowest BCUT2D eigenvalue weighted by molar-refractivity contribution is 0.0951. The van der Waals surface area contributed by atoms with Crippen molar-refractivity contribution in [3.05, 3.63) is 29.3 Å². The molecule has 3 heteroatoms. The quantitative estimate of drug-likeness (QED) is 0.693. The van der Waals surface area contributed by atoms with Crippen molar-refractivity contribution in [1.29, 1.82) is 0 Å². The Labute approximate surface area is 141 Å². The molecule has 1 aliphatic rings. The van der Waals surface area contributed by atoms with Crippen molar-refractivity contribution < 1.29 is 9.53 Å². The summed E-state index contributed by atoms with van der Waals surface area (Å²) in [6.45, 7) is 12.4. The van der Waals surface area contributed by atoms with Gasteiger partial charge in [-0.05, 0) is 68.5 Å². The van der Waals surface area contributed by atoms with Gasteiger partial charge < -0.3 is 9.64 Å². The number of carbonyl (C=O) groups is 1. The molecule has 0 atom stereocenters. The van der Waals surface area contributed by atoms with Gasteiger partial charge in [0.2, 0.25) is 0 Å². The van der Waals surface area contributed by atoms with Crippen molar-refractivity contribution in [2.75, 3.05) is 26.2 Å². The van der Waals surface area contributed by atoms with Crippen molar-refractivity contribution in [1.82, 2.24) is 4.90 Å². The summed E-state index contributed by atoms with van der Waals surface area (Å²) in [7, 11) is 0. The summed E-state index contributed by atoms with van der Waals surface area (Å²) in [5.41, 5.74) is 1.97. The Morgan fingerprint density at radius 1 is 1.30 bits per heavy atom. The lowest BCUT2D eigenvalue weighted by Crippen LogP contribution is -2.34. The third-order valence-electron chi connectivity index (χ3n) is 4.79. The van der Waals surface area contributed by atoms with Crippen molar-refractivity contribution >= 4 is 5.78 Å². The van der Waals surface area contributed by atoms with E-state index in [2.05, 4.69) is 25.7 Å². The van der Waals surface area contributed by atoms with Crippen LogP contribution < -0.4 is 4.74 Å². The van der Waals surface area contributed by atoms with Crippen LogP contribution in [-0.2, 0) is 0 Å². The summed E-state index contributed by atoms with van der Waals surface area (Å²) >= 11 is 0. The molecule has 1 fully saturated rings. The first-order valence-corrected chi connectivity index (χ1v) is 9.03. The Kier molecular flexibility index (Phi) is 6.64. The van der Waals surface area contributed by atoms with E-state index in [0.717, 1.165) is 42.4 Å². The van der Waals surface area contributed by atoms with Gasteiger partial charge in [0.1, 0.15) is 5.75 Å². The number of benzene rings is 1. The van der Waals surface area contributed by atoms with Gasteiger partial charge in [0, 0.05) is 18.5 Å². The van der Waals surface area contributed by atoms with Crippen LogP contribution in [0.4, 0.5) is 0 Å². The summed E-state index contributed by atoms with van der Waals surface area (Å²) in [4.78, 5) is 15.1. The maximum atomic E-state index is 12.7. The van der Waals surface area contributed by atoms with Crippen LogP contribution in [0.1, 0.15) is 68.8 Å². The molecule has 0 saturated carbocycles. The van der Waals surface area contributed by atoms with Gasteiger partial charge in [-0.2, -0.15) is 0 Å². The average molecular weight is 317 g/mol. The highest BCUT2D eigenvalue weighted by Crippen LogP contribution is 2.26. The molecule has 1 aromatic carbocycles. The fourth-order valence-corrected chi connectivity index (χ4v) is 3.21. The van der Waals surface area contributed by atoms with Crippen molar-refractivity contribution in [2.24, 2.45) is 5.92 Å². The average Bonchev–Trinajstić information content (AvgIpc) is 2.54. The van der Waals surface area contributed by atoms with E-state index in [-0.39, 0.29) is 5.78 Å². The summed E-state index contributed by atoms with van der Waals surface area (Å²) in [6, 6.07) is 5.90. The number of rotatable bonds is 7. The first kappa shape index (κ1) is 18.0. The lowest BCUT2D eigenvalue weighted by atomic mass is 9.93. The van der Waals surface area contributed by atoms with E-state index >= 15 is 0 Å². The molecule has 3 nitrogen and oxygen atoms in total. The van der Waals surface area contributed by atoms with Gasteiger partial charge in [-0.3, -0.25) is 4.79 Å². The molecule has 0 aliphatic carbocycles. The van der Waals surface area contributed by atoms with E-state index in [4.69, 9.17) is 4.74 Å². The second-order valence-electron chi connectivity index (χ2n) is 7.03. The SMILES string of the molecule is CCOc1ccc(C(=O)CCN2CCC(C)CC2)c(C(C)C)c1. The number of ether oxygens (including phenoxy) is 1. The van der Waals surface area contributed by atoms with Crippen LogP contribution >= 0.6 is 0 Å². The smallest absolute Gasteiger partial charge is 0.164 e. The molecule has 2 rings (SSSR count). The van der Waals surface area contributed by atoms with Crippen LogP contribution in [0.15, 0.2) is 18.2 Å². The molecule has 0 amide bonds. The third-order valence-corrected chi connectivity index (χ3v) is 4.79. The highest BCUT2D eigenvalue weighted by Gasteiger charge is 2.19. The molecule has 0 unspecified atom stereocenters. The first-order chi connectivity index (χ1) is 11.0. The highest BCUT2D eigenvalue weighted by atomic mass is 16.5. The molecule has 1 aromatic rings.